The van der Waals surface area contributed by atoms with E-state index in [9.17, 15) is 9.90 Å². The number of amides is 1. The van der Waals surface area contributed by atoms with Gasteiger partial charge in [-0.15, -0.1) is 6.42 Å². The normalized spacial score (nSPS) is 31.7. The van der Waals surface area contributed by atoms with Gasteiger partial charge < -0.3 is 9.84 Å². The first kappa shape index (κ1) is 21.1. The highest BCUT2D eigenvalue weighted by Gasteiger charge is 2.54. The number of aliphatic hydroxyl groups is 1. The van der Waals surface area contributed by atoms with Gasteiger partial charge in [0.05, 0.1) is 24.8 Å². The van der Waals surface area contributed by atoms with Gasteiger partial charge in [-0.05, 0) is 43.5 Å². The number of carbonyl (C=O) groups excluding carboxylic acids is 1. The highest BCUT2D eigenvalue weighted by Crippen LogP contribution is 2.48. The summed E-state index contributed by atoms with van der Waals surface area (Å²) >= 11 is 0. The lowest BCUT2D eigenvalue weighted by atomic mass is 9.66. The van der Waals surface area contributed by atoms with E-state index in [0.717, 1.165) is 42.8 Å². The Morgan fingerprint density at radius 2 is 1.97 bits per heavy atom. The topological polar surface area (TPSA) is 65.9 Å². The van der Waals surface area contributed by atoms with E-state index in [0.29, 0.717) is 25.2 Å². The third kappa shape index (κ3) is 3.41. The number of hydrogen-bond acceptors (Lipinski definition) is 5. The van der Waals surface area contributed by atoms with Crippen molar-refractivity contribution in [3.8, 4) is 12.3 Å². The molecule has 1 aromatic carbocycles. The first-order chi connectivity index (χ1) is 15.5. The number of benzene rings is 1. The van der Waals surface area contributed by atoms with Crippen molar-refractivity contribution in [2.45, 2.75) is 43.4 Å². The first-order valence-corrected chi connectivity index (χ1v) is 11.3. The van der Waals surface area contributed by atoms with E-state index in [1.54, 1.807) is 12.0 Å². The van der Waals surface area contributed by atoms with Crippen molar-refractivity contribution in [1.29, 1.82) is 0 Å². The fourth-order valence-corrected chi connectivity index (χ4v) is 5.68. The van der Waals surface area contributed by atoms with Crippen molar-refractivity contribution in [3.05, 3.63) is 59.3 Å². The van der Waals surface area contributed by atoms with E-state index in [-0.39, 0.29) is 24.0 Å². The zero-order valence-electron chi connectivity index (χ0n) is 18.4. The maximum absolute atomic E-state index is 12.6. The Morgan fingerprint density at radius 3 is 2.62 bits per heavy atom. The molecule has 4 saturated heterocycles. The summed E-state index contributed by atoms with van der Waals surface area (Å²) in [5, 5.41) is 12.1. The molecule has 4 aliphatic heterocycles. The van der Waals surface area contributed by atoms with Gasteiger partial charge in [-0.3, -0.25) is 14.6 Å². The molecule has 6 rings (SSSR count). The van der Waals surface area contributed by atoms with Crippen LogP contribution in [0.3, 0.4) is 0 Å². The molecule has 0 spiro atoms. The molecule has 0 saturated carbocycles. The van der Waals surface area contributed by atoms with Gasteiger partial charge in [0.25, 0.3) is 0 Å². The maximum atomic E-state index is 12.6. The highest BCUT2D eigenvalue weighted by atomic mass is 16.5. The summed E-state index contributed by atoms with van der Waals surface area (Å²) in [4.78, 5) is 21.4. The molecule has 5 heterocycles. The average Bonchev–Trinajstić information content (AvgIpc) is 3.21. The van der Waals surface area contributed by atoms with Crippen LogP contribution in [0.5, 0.6) is 0 Å². The van der Waals surface area contributed by atoms with Crippen molar-refractivity contribution in [1.82, 2.24) is 9.88 Å². The van der Waals surface area contributed by atoms with Crippen LogP contribution in [0.1, 0.15) is 36.1 Å². The number of nitrogens with zero attached hydrogens (tertiary/aromatic N) is 3. The summed E-state index contributed by atoms with van der Waals surface area (Å²) in [5.74, 6) is 3.58. The predicted octanol–water partition coefficient (Wildman–Crippen LogP) is 2.34. The molecular formula is C26H29N3O3. The van der Waals surface area contributed by atoms with Crippen LogP contribution in [0.2, 0.25) is 0 Å². The molecule has 1 unspecified atom stereocenters. The second-order valence-electron chi connectivity index (χ2n) is 9.10. The van der Waals surface area contributed by atoms with Crippen LogP contribution in [0.4, 0.5) is 5.82 Å². The number of hydrogen-bond donors (Lipinski definition) is 1. The highest BCUT2D eigenvalue weighted by molar-refractivity contribution is 5.95. The lowest BCUT2D eigenvalue weighted by Crippen LogP contribution is -2.63. The number of ether oxygens (including phenoxy) is 1. The lowest BCUT2D eigenvalue weighted by Gasteiger charge is -2.54. The number of anilines is 1. The Labute approximate surface area is 189 Å². The van der Waals surface area contributed by atoms with Gasteiger partial charge in [0.15, 0.2) is 0 Å². The lowest BCUT2D eigenvalue weighted by molar-refractivity contribution is -0.143. The maximum Gasteiger partial charge on any atom is 0.230 e. The first-order valence-electron chi connectivity index (χ1n) is 11.3. The molecule has 2 aromatic rings. The zero-order chi connectivity index (χ0) is 22.3. The molecule has 1 amide bonds. The molecule has 4 fully saturated rings. The molecule has 32 heavy (non-hydrogen) atoms. The number of terminal acetylenes is 1. The van der Waals surface area contributed by atoms with Gasteiger partial charge in [-0.2, -0.15) is 0 Å². The summed E-state index contributed by atoms with van der Waals surface area (Å²) in [6.07, 6.45) is 8.57. The van der Waals surface area contributed by atoms with Gasteiger partial charge >= 0.3 is 0 Å². The second-order valence-corrected chi connectivity index (χ2v) is 9.10. The molecule has 6 heteroatoms. The van der Waals surface area contributed by atoms with E-state index < -0.39 is 5.60 Å². The van der Waals surface area contributed by atoms with Crippen molar-refractivity contribution in [2.24, 2.45) is 5.92 Å². The van der Waals surface area contributed by atoms with Crippen molar-refractivity contribution in [2.75, 3.05) is 31.6 Å². The monoisotopic (exact) mass is 431 g/mol. The second kappa shape index (κ2) is 8.32. The third-order valence-electron chi connectivity index (χ3n) is 7.40. The van der Waals surface area contributed by atoms with E-state index >= 15 is 0 Å². The van der Waals surface area contributed by atoms with Crippen LogP contribution in [0.25, 0.3) is 0 Å². The van der Waals surface area contributed by atoms with E-state index in [2.05, 4.69) is 23.0 Å². The standard InChI is InChI=1S/C26H29N3O3/c1-3-23-26(31,19-11-13-28(23)14-12-19)21-9-10-24(29-17-20(32-2)16-25(29)30)27-22(21)15-18-7-5-4-6-8-18/h1,4-10,19-20,23,31H,11-17H2,2H3/t20-,23?,26+/m0/s1. The fraction of sp³-hybridized carbons (Fsp3) is 0.462. The number of methoxy groups -OCH3 is 1. The average molecular weight is 432 g/mol. The van der Waals surface area contributed by atoms with Crippen LogP contribution in [-0.4, -0.2) is 59.8 Å². The Kier molecular flexibility index (Phi) is 5.50. The molecule has 3 atom stereocenters. The fourth-order valence-electron chi connectivity index (χ4n) is 5.68. The Hall–Kier alpha value is -2.72. The van der Waals surface area contributed by atoms with Gasteiger partial charge in [0.1, 0.15) is 17.5 Å². The third-order valence-corrected chi connectivity index (χ3v) is 7.40. The summed E-state index contributed by atoms with van der Waals surface area (Å²) in [6, 6.07) is 13.5. The van der Waals surface area contributed by atoms with Crippen LogP contribution in [0.15, 0.2) is 42.5 Å². The van der Waals surface area contributed by atoms with Crippen molar-refractivity contribution in [3.63, 3.8) is 0 Å². The molecule has 0 aliphatic carbocycles. The summed E-state index contributed by atoms with van der Waals surface area (Å²) < 4.78 is 5.40. The zero-order valence-corrected chi connectivity index (χ0v) is 18.4. The molecule has 2 bridgehead atoms. The van der Waals surface area contributed by atoms with Crippen LogP contribution < -0.4 is 4.90 Å². The SMILES string of the molecule is C#CC1N2CCC(CC2)[C@@]1(O)c1ccc(N2C[C@@H](OC)CC2=O)nc1Cc1ccccc1. The molecule has 4 aliphatic rings. The van der Waals surface area contributed by atoms with E-state index in [1.807, 2.05) is 30.3 Å². The van der Waals surface area contributed by atoms with E-state index in [1.165, 1.54) is 0 Å². The minimum atomic E-state index is -1.15. The molecule has 0 radical (unpaired) electrons. The van der Waals surface area contributed by atoms with Gasteiger partial charge in [-0.1, -0.05) is 42.3 Å². The largest absolute Gasteiger partial charge is 0.382 e. The quantitative estimate of drug-likeness (QED) is 0.737. The Morgan fingerprint density at radius 1 is 1.22 bits per heavy atom. The summed E-state index contributed by atoms with van der Waals surface area (Å²) in [7, 11) is 1.63. The Bertz CT molecular complexity index is 1040. The minimum absolute atomic E-state index is 0.00538. The van der Waals surface area contributed by atoms with Crippen LogP contribution >= 0.6 is 0 Å². The van der Waals surface area contributed by atoms with Gasteiger partial charge in [0, 0.05) is 19.1 Å². The number of rotatable bonds is 5. The Balaban J connectivity index is 1.59. The molecule has 1 aromatic heterocycles. The summed E-state index contributed by atoms with van der Waals surface area (Å²) in [6.45, 7) is 2.32. The van der Waals surface area contributed by atoms with Gasteiger partial charge in [-0.25, -0.2) is 4.98 Å². The van der Waals surface area contributed by atoms with Gasteiger partial charge in [0.2, 0.25) is 5.91 Å². The molecule has 166 valence electrons. The van der Waals surface area contributed by atoms with Crippen LogP contribution in [0, 0.1) is 18.3 Å². The molecular weight excluding hydrogens is 402 g/mol. The van der Waals surface area contributed by atoms with Crippen molar-refractivity contribution < 1.29 is 14.6 Å². The number of carbonyl (C=O) groups is 1. The number of pyridine rings is 1. The summed E-state index contributed by atoms with van der Waals surface area (Å²) in [5.41, 5.74) is 1.52. The smallest absolute Gasteiger partial charge is 0.230 e. The molecule has 6 nitrogen and oxygen atoms in total. The van der Waals surface area contributed by atoms with Crippen LogP contribution in [-0.2, 0) is 21.6 Å². The van der Waals surface area contributed by atoms with Crippen molar-refractivity contribution >= 4 is 11.7 Å². The number of piperidine rings is 3. The number of aromatic nitrogens is 1. The molecule has 1 N–H and O–H groups in total. The number of fused-ring (bicyclic) bond motifs is 3. The van der Waals surface area contributed by atoms with E-state index in [4.69, 9.17) is 16.1 Å². The minimum Gasteiger partial charge on any atom is -0.382 e. The predicted molar refractivity (Wildman–Crippen MR) is 122 cm³/mol.